The van der Waals surface area contributed by atoms with Crippen LogP contribution in [0.25, 0.3) is 0 Å². The van der Waals surface area contributed by atoms with Crippen LogP contribution in [0.1, 0.15) is 25.1 Å². The first-order valence-corrected chi connectivity index (χ1v) is 6.33. The summed E-state index contributed by atoms with van der Waals surface area (Å²) in [7, 11) is 0. The molecule has 1 N–H and O–H groups in total. The Morgan fingerprint density at radius 1 is 1.50 bits per heavy atom. The van der Waals surface area contributed by atoms with Crippen LogP contribution in [0.15, 0.2) is 18.3 Å². The Balaban J connectivity index is 1.86. The molecule has 1 aromatic heterocycles. The molecule has 1 aliphatic heterocycles. The van der Waals surface area contributed by atoms with E-state index in [1.54, 1.807) is 6.07 Å². The average Bonchev–Trinajstić information content (AvgIpc) is 2.42. The van der Waals surface area contributed by atoms with Gasteiger partial charge in [0.1, 0.15) is 5.82 Å². The topological polar surface area (TPSA) is 43.4 Å². The molecule has 2 rings (SSSR count). The van der Waals surface area contributed by atoms with E-state index < -0.39 is 0 Å². The number of rotatable bonds is 5. The molecular weight excluding hydrogens is 235 g/mol. The summed E-state index contributed by atoms with van der Waals surface area (Å²) < 4.78 is 23.7. The second kappa shape index (κ2) is 6.78. The first kappa shape index (κ1) is 13.4. The molecule has 0 aliphatic carbocycles. The van der Waals surface area contributed by atoms with Gasteiger partial charge < -0.3 is 14.8 Å². The zero-order valence-electron chi connectivity index (χ0n) is 10.6. The molecule has 0 aromatic carbocycles. The fraction of sp³-hybridized carbons (Fsp3) is 0.615. The number of aromatic nitrogens is 1. The second-order valence-electron chi connectivity index (χ2n) is 4.34. The van der Waals surface area contributed by atoms with Crippen molar-refractivity contribution < 1.29 is 13.9 Å². The predicted molar refractivity (Wildman–Crippen MR) is 65.8 cm³/mol. The third-order valence-electron chi connectivity index (χ3n) is 2.99. The van der Waals surface area contributed by atoms with Gasteiger partial charge in [-0.25, -0.2) is 4.39 Å². The third kappa shape index (κ3) is 3.73. The number of halogens is 1. The van der Waals surface area contributed by atoms with E-state index in [4.69, 9.17) is 9.47 Å². The quantitative estimate of drug-likeness (QED) is 0.868. The zero-order chi connectivity index (χ0) is 12.8. The van der Waals surface area contributed by atoms with Crippen LogP contribution in [0.4, 0.5) is 4.39 Å². The molecule has 2 atom stereocenters. The summed E-state index contributed by atoms with van der Waals surface area (Å²) in [6, 6.07) is 3.28. The minimum absolute atomic E-state index is 0.0910. The lowest BCUT2D eigenvalue weighted by atomic mass is 10.1. The molecule has 1 fully saturated rings. The van der Waals surface area contributed by atoms with Gasteiger partial charge in [-0.15, -0.1) is 0 Å². The fourth-order valence-corrected chi connectivity index (χ4v) is 1.98. The van der Waals surface area contributed by atoms with Crippen molar-refractivity contribution in [3.8, 4) is 0 Å². The molecule has 1 aromatic rings. The Labute approximate surface area is 107 Å². The monoisotopic (exact) mass is 254 g/mol. The van der Waals surface area contributed by atoms with E-state index in [0.717, 1.165) is 18.7 Å². The smallest absolute Gasteiger partial charge is 0.141 e. The molecule has 0 saturated carbocycles. The van der Waals surface area contributed by atoms with Crippen LogP contribution in [0, 0.1) is 5.82 Å². The number of ether oxygens (including phenoxy) is 2. The molecule has 100 valence electrons. The minimum Gasteiger partial charge on any atom is -0.376 e. The van der Waals surface area contributed by atoms with E-state index in [0.29, 0.717) is 19.8 Å². The van der Waals surface area contributed by atoms with Crippen molar-refractivity contribution in [3.63, 3.8) is 0 Å². The summed E-state index contributed by atoms with van der Waals surface area (Å²) in [6.07, 6.45) is 2.24. The van der Waals surface area contributed by atoms with Crippen molar-refractivity contribution in [1.82, 2.24) is 10.3 Å². The summed E-state index contributed by atoms with van der Waals surface area (Å²) in [5.74, 6) is -0.308. The summed E-state index contributed by atoms with van der Waals surface area (Å²) in [6.45, 7) is 4.74. The van der Waals surface area contributed by atoms with Gasteiger partial charge in [0.2, 0.25) is 0 Å². The highest BCUT2D eigenvalue weighted by molar-refractivity contribution is 5.09. The fourth-order valence-electron chi connectivity index (χ4n) is 1.98. The molecule has 4 nitrogen and oxygen atoms in total. The molecule has 0 spiro atoms. The summed E-state index contributed by atoms with van der Waals surface area (Å²) in [5, 5.41) is 3.38. The summed E-state index contributed by atoms with van der Waals surface area (Å²) in [4.78, 5) is 4.10. The van der Waals surface area contributed by atoms with Gasteiger partial charge in [0.05, 0.1) is 37.8 Å². The molecule has 0 amide bonds. The summed E-state index contributed by atoms with van der Waals surface area (Å²) in [5.41, 5.74) is 0.857. The lowest BCUT2D eigenvalue weighted by Gasteiger charge is -2.25. The van der Waals surface area contributed by atoms with Crippen molar-refractivity contribution in [1.29, 1.82) is 0 Å². The van der Waals surface area contributed by atoms with Crippen LogP contribution in [0.3, 0.4) is 0 Å². The van der Waals surface area contributed by atoms with Gasteiger partial charge in [-0.05, 0) is 18.6 Å². The van der Waals surface area contributed by atoms with Gasteiger partial charge in [0.15, 0.2) is 0 Å². The maximum atomic E-state index is 12.8. The van der Waals surface area contributed by atoms with E-state index in [1.165, 1.54) is 12.3 Å². The van der Waals surface area contributed by atoms with Gasteiger partial charge in [0, 0.05) is 12.6 Å². The zero-order valence-corrected chi connectivity index (χ0v) is 10.6. The van der Waals surface area contributed by atoms with Gasteiger partial charge in [0.25, 0.3) is 0 Å². The highest BCUT2D eigenvalue weighted by Crippen LogP contribution is 2.14. The molecule has 0 radical (unpaired) electrons. The van der Waals surface area contributed by atoms with Crippen molar-refractivity contribution in [2.24, 2.45) is 0 Å². The molecule has 18 heavy (non-hydrogen) atoms. The van der Waals surface area contributed by atoms with E-state index >= 15 is 0 Å². The second-order valence-corrected chi connectivity index (χ2v) is 4.34. The van der Waals surface area contributed by atoms with Crippen LogP contribution in [0.5, 0.6) is 0 Å². The van der Waals surface area contributed by atoms with Crippen LogP contribution in [-0.4, -0.2) is 37.5 Å². The molecule has 2 heterocycles. The Bertz CT molecular complexity index is 353. The van der Waals surface area contributed by atoms with E-state index in [9.17, 15) is 4.39 Å². The van der Waals surface area contributed by atoms with E-state index in [1.807, 2.05) is 0 Å². The first-order chi connectivity index (χ1) is 8.79. The van der Waals surface area contributed by atoms with Crippen LogP contribution < -0.4 is 5.32 Å². The van der Waals surface area contributed by atoms with Crippen LogP contribution in [0.2, 0.25) is 0 Å². The normalized spacial score (nSPS) is 21.8. The highest BCUT2D eigenvalue weighted by atomic mass is 19.1. The standard InChI is InChI=1S/C13H19FN2O2/c1-2-12(13-4-3-10(14)7-15-13)16-8-11-9-17-5-6-18-11/h3-4,7,11-12,16H,2,5-6,8-9H2,1H3. The van der Waals surface area contributed by atoms with Crippen molar-refractivity contribution in [3.05, 3.63) is 29.8 Å². The molecule has 1 aliphatic rings. The lowest BCUT2D eigenvalue weighted by Crippen LogP contribution is -2.38. The first-order valence-electron chi connectivity index (χ1n) is 6.33. The van der Waals surface area contributed by atoms with Gasteiger partial charge >= 0.3 is 0 Å². The SMILES string of the molecule is CCC(NCC1COCCO1)c1ccc(F)cn1. The number of nitrogens with one attached hydrogen (secondary N) is 1. The number of hydrogen-bond acceptors (Lipinski definition) is 4. The number of pyridine rings is 1. The maximum absolute atomic E-state index is 12.8. The number of hydrogen-bond donors (Lipinski definition) is 1. The van der Waals surface area contributed by atoms with Crippen LogP contribution in [-0.2, 0) is 9.47 Å². The average molecular weight is 254 g/mol. The largest absolute Gasteiger partial charge is 0.376 e. The third-order valence-corrected chi connectivity index (χ3v) is 2.99. The van der Waals surface area contributed by atoms with Crippen molar-refractivity contribution in [2.45, 2.75) is 25.5 Å². The maximum Gasteiger partial charge on any atom is 0.141 e. The minimum atomic E-state index is -0.308. The number of nitrogens with zero attached hydrogens (tertiary/aromatic N) is 1. The van der Waals surface area contributed by atoms with Crippen molar-refractivity contribution in [2.75, 3.05) is 26.4 Å². The van der Waals surface area contributed by atoms with E-state index in [2.05, 4.69) is 17.2 Å². The molecular formula is C13H19FN2O2. The van der Waals surface area contributed by atoms with E-state index in [-0.39, 0.29) is 18.0 Å². The molecule has 2 unspecified atom stereocenters. The van der Waals surface area contributed by atoms with Gasteiger partial charge in [-0.1, -0.05) is 6.92 Å². The molecule has 5 heteroatoms. The Morgan fingerprint density at radius 3 is 3.00 bits per heavy atom. The van der Waals surface area contributed by atoms with Crippen LogP contribution >= 0.6 is 0 Å². The molecule has 0 bridgehead atoms. The highest BCUT2D eigenvalue weighted by Gasteiger charge is 2.17. The molecule has 1 saturated heterocycles. The Morgan fingerprint density at radius 2 is 2.39 bits per heavy atom. The Kier molecular flexibility index (Phi) is 5.04. The Hall–Kier alpha value is -1.04. The van der Waals surface area contributed by atoms with Crippen molar-refractivity contribution >= 4 is 0 Å². The summed E-state index contributed by atoms with van der Waals surface area (Å²) >= 11 is 0. The van der Waals surface area contributed by atoms with Gasteiger partial charge in [-0.2, -0.15) is 0 Å². The lowest BCUT2D eigenvalue weighted by molar-refractivity contribution is -0.0871. The van der Waals surface area contributed by atoms with Gasteiger partial charge in [-0.3, -0.25) is 4.98 Å². The predicted octanol–water partition coefficient (Wildman–Crippen LogP) is 1.68.